The Morgan fingerprint density at radius 2 is 2.06 bits per heavy atom. The van der Waals surface area contributed by atoms with Crippen LogP contribution in [0.1, 0.15) is 24.8 Å². The molecule has 9 heteroatoms. The van der Waals surface area contributed by atoms with E-state index in [0.29, 0.717) is 31.3 Å². The zero-order valence-electron chi connectivity index (χ0n) is 19.5. The maximum Gasteiger partial charge on any atom is 0.164 e. The van der Waals surface area contributed by atoms with E-state index >= 15 is 0 Å². The van der Waals surface area contributed by atoms with Crippen LogP contribution in [0.4, 0.5) is 11.6 Å². The fourth-order valence-electron chi connectivity index (χ4n) is 4.35. The number of rotatable bonds is 9. The maximum absolute atomic E-state index is 9.96. The van der Waals surface area contributed by atoms with Gasteiger partial charge in [0.25, 0.3) is 0 Å². The largest absolute Gasteiger partial charge is 0.491 e. The Kier molecular flexibility index (Phi) is 7.97. The molecule has 1 unspecified atom stereocenters. The van der Waals surface area contributed by atoms with E-state index in [1.807, 2.05) is 31.2 Å². The molecule has 0 spiro atoms. The quantitative estimate of drug-likeness (QED) is 0.446. The zero-order chi connectivity index (χ0) is 23.2. The highest BCUT2D eigenvalue weighted by atomic mass is 16.5. The molecule has 1 aliphatic heterocycles. The predicted molar refractivity (Wildman–Crippen MR) is 128 cm³/mol. The summed E-state index contributed by atoms with van der Waals surface area (Å²) in [6.07, 6.45) is 1.62. The molecule has 1 saturated heterocycles. The van der Waals surface area contributed by atoms with Crippen LogP contribution in [0.25, 0.3) is 11.4 Å². The lowest BCUT2D eigenvalue weighted by Crippen LogP contribution is -2.37. The number of hydrogen-bond acceptors (Lipinski definition) is 9. The molecular weight excluding hydrogens is 422 g/mol. The van der Waals surface area contributed by atoms with Crippen LogP contribution in [0, 0.1) is 6.92 Å². The van der Waals surface area contributed by atoms with E-state index in [1.54, 1.807) is 7.05 Å². The molecule has 1 aromatic heterocycles. The molecule has 1 saturated carbocycles. The van der Waals surface area contributed by atoms with Gasteiger partial charge >= 0.3 is 0 Å². The maximum atomic E-state index is 9.96. The smallest absolute Gasteiger partial charge is 0.164 e. The number of nitrogens with one attached hydrogen (secondary N) is 2. The number of nitrogens with zero attached hydrogens (tertiary/aromatic N) is 3. The molecule has 2 heterocycles. The minimum absolute atomic E-state index is 0.197. The van der Waals surface area contributed by atoms with E-state index < -0.39 is 6.10 Å². The van der Waals surface area contributed by atoms with Gasteiger partial charge in [0.15, 0.2) is 5.82 Å². The Morgan fingerprint density at radius 3 is 2.79 bits per heavy atom. The molecule has 0 radical (unpaired) electrons. The lowest BCUT2D eigenvalue weighted by Gasteiger charge is -2.30. The topological polar surface area (TPSA) is 112 Å². The second-order valence-electron chi connectivity index (χ2n) is 8.80. The van der Waals surface area contributed by atoms with Gasteiger partial charge in [-0.2, -0.15) is 0 Å². The van der Waals surface area contributed by atoms with Crippen molar-refractivity contribution in [1.29, 1.82) is 0 Å². The third-order valence-electron chi connectivity index (χ3n) is 6.15. The van der Waals surface area contributed by atoms with Crippen molar-refractivity contribution in [2.24, 2.45) is 0 Å². The van der Waals surface area contributed by atoms with Gasteiger partial charge in [0.05, 0.1) is 19.3 Å². The highest BCUT2D eigenvalue weighted by Gasteiger charge is 2.26. The van der Waals surface area contributed by atoms with Crippen LogP contribution in [0.2, 0.25) is 0 Å². The first-order valence-corrected chi connectivity index (χ1v) is 11.8. The van der Waals surface area contributed by atoms with Crippen LogP contribution < -0.4 is 20.3 Å². The van der Waals surface area contributed by atoms with Crippen LogP contribution in [-0.4, -0.2) is 84.9 Å². The van der Waals surface area contributed by atoms with E-state index in [0.717, 1.165) is 55.1 Å². The molecule has 4 N–H and O–H groups in total. The molecule has 2 aliphatic rings. The number of hydrogen-bond donors (Lipinski definition) is 4. The summed E-state index contributed by atoms with van der Waals surface area (Å²) in [4.78, 5) is 12.1. The number of likely N-dealkylation sites (N-methyl/N-ethyl adjacent to an activating group) is 1. The van der Waals surface area contributed by atoms with E-state index in [9.17, 15) is 10.2 Å². The molecule has 2 fully saturated rings. The van der Waals surface area contributed by atoms with Gasteiger partial charge in [-0.1, -0.05) is 12.1 Å². The number of aromatic nitrogens is 2. The van der Waals surface area contributed by atoms with Crippen molar-refractivity contribution >= 4 is 11.6 Å². The van der Waals surface area contributed by atoms with Crippen molar-refractivity contribution in [3.05, 3.63) is 29.8 Å². The highest BCUT2D eigenvalue weighted by Crippen LogP contribution is 2.31. The molecule has 0 amide bonds. The summed E-state index contributed by atoms with van der Waals surface area (Å²) in [6, 6.07) is 7.85. The molecular formula is C24H35N5O4. The minimum atomic E-state index is -0.584. The Hall–Kier alpha value is -2.46. The van der Waals surface area contributed by atoms with E-state index in [2.05, 4.69) is 15.5 Å². The lowest BCUT2D eigenvalue weighted by molar-refractivity contribution is 0.108. The monoisotopic (exact) mass is 457 g/mol. The lowest BCUT2D eigenvalue weighted by atomic mass is 10.1. The van der Waals surface area contributed by atoms with Gasteiger partial charge in [0, 0.05) is 36.8 Å². The predicted octanol–water partition coefficient (Wildman–Crippen LogP) is 1.57. The van der Waals surface area contributed by atoms with Crippen molar-refractivity contribution in [1.82, 2.24) is 15.3 Å². The summed E-state index contributed by atoms with van der Waals surface area (Å²) in [5, 5.41) is 26.4. The van der Waals surface area contributed by atoms with Gasteiger partial charge in [-0.15, -0.1) is 0 Å². The van der Waals surface area contributed by atoms with Gasteiger partial charge in [-0.3, -0.25) is 0 Å². The standard InChI is InChI=1S/C24H35N5O4/c1-16-22(26-18-6-7-19(30)13-18)27-23(28-24(16)29-8-10-32-11-9-29)17-4-3-5-21(12-17)33-15-20(31)14-25-2/h3-5,12,18-20,25,30-31H,6-11,13-15H2,1-2H3,(H,26,27,28)/t18-,19-,20?/m1/s1. The van der Waals surface area contributed by atoms with Crippen LogP contribution in [-0.2, 0) is 4.74 Å². The van der Waals surface area contributed by atoms with Gasteiger partial charge < -0.3 is 35.2 Å². The average molecular weight is 458 g/mol. The minimum Gasteiger partial charge on any atom is -0.491 e. The Bertz CT molecular complexity index is 922. The van der Waals surface area contributed by atoms with Crippen LogP contribution in [0.3, 0.4) is 0 Å². The van der Waals surface area contributed by atoms with Crippen molar-refractivity contribution in [2.75, 3.05) is 56.7 Å². The first-order chi connectivity index (χ1) is 16.0. The van der Waals surface area contributed by atoms with Crippen LogP contribution in [0.5, 0.6) is 5.75 Å². The highest BCUT2D eigenvalue weighted by molar-refractivity contribution is 5.67. The summed E-state index contributed by atoms with van der Waals surface area (Å²) < 4.78 is 11.3. The Balaban J connectivity index is 1.62. The summed E-state index contributed by atoms with van der Waals surface area (Å²) in [6.45, 7) is 5.63. The third-order valence-corrected chi connectivity index (χ3v) is 6.15. The number of aliphatic hydroxyl groups excluding tert-OH is 2. The first kappa shape index (κ1) is 23.7. The fraction of sp³-hybridized carbons (Fsp3) is 0.583. The second kappa shape index (κ2) is 11.1. The SMILES string of the molecule is CNCC(O)COc1cccc(-c2nc(N[C@@H]3CC[C@@H](O)C3)c(C)c(N3CCOCC3)n2)c1. The molecule has 3 atom stereocenters. The van der Waals surface area contributed by atoms with Crippen LogP contribution >= 0.6 is 0 Å². The number of ether oxygens (including phenoxy) is 2. The van der Waals surface area contributed by atoms with E-state index in [4.69, 9.17) is 19.4 Å². The van der Waals surface area contributed by atoms with Crippen molar-refractivity contribution in [3.8, 4) is 17.1 Å². The molecule has 0 bridgehead atoms. The molecule has 180 valence electrons. The number of morpholine rings is 1. The summed E-state index contributed by atoms with van der Waals surface area (Å²) in [5.74, 6) is 2.98. The van der Waals surface area contributed by atoms with E-state index in [1.165, 1.54) is 0 Å². The third kappa shape index (κ3) is 6.11. The number of anilines is 2. The Morgan fingerprint density at radius 1 is 1.24 bits per heavy atom. The zero-order valence-corrected chi connectivity index (χ0v) is 19.5. The molecule has 9 nitrogen and oxygen atoms in total. The van der Waals surface area contributed by atoms with Gasteiger partial charge in [-0.05, 0) is 45.4 Å². The Labute approximate surface area is 195 Å². The van der Waals surface area contributed by atoms with Gasteiger partial charge in [0.2, 0.25) is 0 Å². The molecule has 2 aromatic rings. The van der Waals surface area contributed by atoms with Gasteiger partial charge in [0.1, 0.15) is 30.1 Å². The van der Waals surface area contributed by atoms with Crippen molar-refractivity contribution in [3.63, 3.8) is 0 Å². The first-order valence-electron chi connectivity index (χ1n) is 11.8. The van der Waals surface area contributed by atoms with Crippen molar-refractivity contribution < 1.29 is 19.7 Å². The average Bonchev–Trinajstić information content (AvgIpc) is 3.24. The van der Waals surface area contributed by atoms with Crippen LogP contribution in [0.15, 0.2) is 24.3 Å². The van der Waals surface area contributed by atoms with E-state index in [-0.39, 0.29) is 18.8 Å². The van der Waals surface area contributed by atoms with Crippen molar-refractivity contribution in [2.45, 2.75) is 44.4 Å². The molecule has 4 rings (SSSR count). The van der Waals surface area contributed by atoms with Gasteiger partial charge in [-0.25, -0.2) is 9.97 Å². The second-order valence-corrected chi connectivity index (χ2v) is 8.80. The normalized spacial score (nSPS) is 21.8. The summed E-state index contributed by atoms with van der Waals surface area (Å²) in [7, 11) is 1.79. The summed E-state index contributed by atoms with van der Waals surface area (Å²) >= 11 is 0. The number of aliphatic hydroxyl groups is 2. The molecule has 33 heavy (non-hydrogen) atoms. The molecule has 1 aromatic carbocycles. The fourth-order valence-corrected chi connectivity index (χ4v) is 4.35. The summed E-state index contributed by atoms with van der Waals surface area (Å²) in [5.41, 5.74) is 1.85. The number of benzene rings is 1. The molecule has 1 aliphatic carbocycles.